The zero-order valence-corrected chi connectivity index (χ0v) is 14.9. The van der Waals surface area contributed by atoms with E-state index in [1.807, 2.05) is 13.0 Å². The van der Waals surface area contributed by atoms with E-state index < -0.39 is 5.97 Å². The van der Waals surface area contributed by atoms with E-state index >= 15 is 0 Å². The number of fused-ring (bicyclic) bond motifs is 1. The minimum absolute atomic E-state index is 0.0787. The fourth-order valence-corrected chi connectivity index (χ4v) is 3.95. The molecule has 0 aromatic carbocycles. The number of rotatable bonds is 4. The molecular formula is C17H21BrN2O3. The maximum atomic E-state index is 11.8. The molecule has 5 nitrogen and oxygen atoms in total. The first-order chi connectivity index (χ1) is 11.0. The lowest BCUT2D eigenvalue weighted by molar-refractivity contribution is 0.0101. The predicted octanol–water partition coefficient (Wildman–Crippen LogP) is 3.19. The molecule has 0 radical (unpaired) electrons. The van der Waals surface area contributed by atoms with Gasteiger partial charge in [0, 0.05) is 35.2 Å². The second-order valence-corrected chi connectivity index (χ2v) is 6.88. The van der Waals surface area contributed by atoms with Gasteiger partial charge in [0.1, 0.15) is 5.69 Å². The minimum atomic E-state index is -0.907. The summed E-state index contributed by atoms with van der Waals surface area (Å²) >= 11 is 3.44. The van der Waals surface area contributed by atoms with Crippen LogP contribution in [-0.2, 0) is 4.74 Å². The van der Waals surface area contributed by atoms with Gasteiger partial charge >= 0.3 is 5.97 Å². The standard InChI is InChI=1S/C17H21BrN2O3/c1-3-13(15-8-19-4-5-23-15)14-7-12-6-11(18)9-20(12)16(10(14)2)17(21)22/h6-7,9,13,15,19H,3-5,8H2,1-2H3,(H,21,22). The summed E-state index contributed by atoms with van der Waals surface area (Å²) in [5.74, 6) is -0.727. The van der Waals surface area contributed by atoms with Gasteiger partial charge in [-0.3, -0.25) is 0 Å². The van der Waals surface area contributed by atoms with Crippen LogP contribution in [0.5, 0.6) is 0 Å². The van der Waals surface area contributed by atoms with E-state index in [4.69, 9.17) is 4.74 Å². The van der Waals surface area contributed by atoms with Gasteiger partial charge in [-0.2, -0.15) is 0 Å². The Morgan fingerprint density at radius 2 is 2.35 bits per heavy atom. The molecule has 2 unspecified atom stereocenters. The Morgan fingerprint density at radius 3 is 2.96 bits per heavy atom. The van der Waals surface area contributed by atoms with Crippen molar-refractivity contribution in [2.75, 3.05) is 19.7 Å². The molecule has 1 fully saturated rings. The number of hydrogen-bond acceptors (Lipinski definition) is 3. The van der Waals surface area contributed by atoms with Crippen molar-refractivity contribution >= 4 is 27.4 Å². The average molecular weight is 381 g/mol. The summed E-state index contributed by atoms with van der Waals surface area (Å²) < 4.78 is 8.54. The molecule has 124 valence electrons. The number of nitrogens with one attached hydrogen (secondary N) is 1. The van der Waals surface area contributed by atoms with E-state index in [2.05, 4.69) is 34.2 Å². The first kappa shape index (κ1) is 16.5. The van der Waals surface area contributed by atoms with E-state index in [0.717, 1.165) is 40.6 Å². The van der Waals surface area contributed by atoms with Gasteiger partial charge in [-0.15, -0.1) is 0 Å². The van der Waals surface area contributed by atoms with Crippen LogP contribution in [0.3, 0.4) is 0 Å². The van der Waals surface area contributed by atoms with Gasteiger partial charge in [-0.1, -0.05) is 6.92 Å². The summed E-state index contributed by atoms with van der Waals surface area (Å²) in [5, 5.41) is 13.0. The van der Waals surface area contributed by atoms with Gasteiger partial charge < -0.3 is 19.6 Å². The molecular weight excluding hydrogens is 360 g/mol. The number of carbonyl (C=O) groups is 1. The summed E-state index contributed by atoms with van der Waals surface area (Å²) in [5.41, 5.74) is 3.09. The molecule has 0 saturated carbocycles. The third kappa shape index (κ3) is 3.03. The highest BCUT2D eigenvalue weighted by Gasteiger charge is 2.28. The molecule has 3 heterocycles. The Balaban J connectivity index is 2.15. The summed E-state index contributed by atoms with van der Waals surface area (Å²) in [6, 6.07) is 4.04. The number of carboxylic acid groups (broad SMARTS) is 1. The number of aromatic carboxylic acids is 1. The van der Waals surface area contributed by atoms with Gasteiger partial charge in [0.2, 0.25) is 0 Å². The molecule has 23 heavy (non-hydrogen) atoms. The highest BCUT2D eigenvalue weighted by molar-refractivity contribution is 9.10. The van der Waals surface area contributed by atoms with Gasteiger partial charge in [0.15, 0.2) is 0 Å². The summed E-state index contributed by atoms with van der Waals surface area (Å²) in [6.07, 6.45) is 2.79. The Bertz CT molecular complexity index is 735. The SMILES string of the molecule is CCC(c1cc2cc(Br)cn2c(C(=O)O)c1C)C1CNCCO1. The third-order valence-electron chi connectivity index (χ3n) is 4.60. The molecule has 2 aromatic heterocycles. The van der Waals surface area contributed by atoms with Gasteiger partial charge in [0.05, 0.1) is 12.7 Å². The molecule has 2 N–H and O–H groups in total. The van der Waals surface area contributed by atoms with Crippen molar-refractivity contribution < 1.29 is 14.6 Å². The lowest BCUT2D eigenvalue weighted by atomic mass is 9.87. The number of hydrogen-bond donors (Lipinski definition) is 2. The molecule has 3 rings (SSSR count). The molecule has 0 aliphatic carbocycles. The summed E-state index contributed by atoms with van der Waals surface area (Å²) in [7, 11) is 0. The van der Waals surface area contributed by atoms with Crippen molar-refractivity contribution in [2.24, 2.45) is 0 Å². The van der Waals surface area contributed by atoms with E-state index in [9.17, 15) is 9.90 Å². The number of morpholine rings is 1. The van der Waals surface area contributed by atoms with Gasteiger partial charge in [0.25, 0.3) is 0 Å². The van der Waals surface area contributed by atoms with Crippen LogP contribution in [0.15, 0.2) is 22.8 Å². The minimum Gasteiger partial charge on any atom is -0.477 e. The quantitative estimate of drug-likeness (QED) is 0.854. The number of ether oxygens (including phenoxy) is 1. The highest BCUT2D eigenvalue weighted by atomic mass is 79.9. The topological polar surface area (TPSA) is 63.0 Å². The van der Waals surface area contributed by atoms with Crippen LogP contribution >= 0.6 is 15.9 Å². The zero-order chi connectivity index (χ0) is 16.6. The lowest BCUT2D eigenvalue weighted by Gasteiger charge is -2.32. The van der Waals surface area contributed by atoms with E-state index in [1.165, 1.54) is 0 Å². The van der Waals surface area contributed by atoms with Crippen LogP contribution in [0.2, 0.25) is 0 Å². The molecule has 6 heteroatoms. The molecule has 1 aliphatic rings. The maximum Gasteiger partial charge on any atom is 0.353 e. The number of nitrogens with zero attached hydrogens (tertiary/aromatic N) is 1. The lowest BCUT2D eigenvalue weighted by Crippen LogP contribution is -2.42. The normalized spacial score (nSPS) is 19.9. The van der Waals surface area contributed by atoms with E-state index in [1.54, 1.807) is 10.6 Å². The second kappa shape index (κ2) is 6.63. The molecule has 0 spiro atoms. The van der Waals surface area contributed by atoms with Crippen LogP contribution < -0.4 is 5.32 Å². The largest absolute Gasteiger partial charge is 0.477 e. The van der Waals surface area contributed by atoms with Crippen molar-refractivity contribution in [2.45, 2.75) is 32.3 Å². The van der Waals surface area contributed by atoms with Crippen LogP contribution in [-0.4, -0.2) is 41.3 Å². The molecule has 1 aliphatic heterocycles. The Kier molecular flexibility index (Phi) is 4.75. The van der Waals surface area contributed by atoms with Crippen molar-refractivity contribution in [3.8, 4) is 0 Å². The summed E-state index contributed by atoms with van der Waals surface area (Å²) in [6.45, 7) is 6.39. The molecule has 2 atom stereocenters. The van der Waals surface area contributed by atoms with Gasteiger partial charge in [-0.05, 0) is 52.5 Å². The van der Waals surface area contributed by atoms with Crippen molar-refractivity contribution in [3.63, 3.8) is 0 Å². The zero-order valence-electron chi connectivity index (χ0n) is 13.3. The smallest absolute Gasteiger partial charge is 0.353 e. The van der Waals surface area contributed by atoms with E-state index in [-0.39, 0.29) is 12.0 Å². The van der Waals surface area contributed by atoms with Crippen LogP contribution in [0.1, 0.15) is 40.9 Å². The highest BCUT2D eigenvalue weighted by Crippen LogP contribution is 2.33. The Hall–Kier alpha value is -1.37. The summed E-state index contributed by atoms with van der Waals surface area (Å²) in [4.78, 5) is 11.8. The van der Waals surface area contributed by atoms with Crippen LogP contribution in [0.25, 0.3) is 5.52 Å². The Labute approximate surface area is 143 Å². The maximum absolute atomic E-state index is 11.8. The third-order valence-corrected chi connectivity index (χ3v) is 5.03. The fourth-order valence-electron chi connectivity index (χ4n) is 3.51. The first-order valence-corrected chi connectivity index (χ1v) is 8.69. The molecule has 2 aromatic rings. The number of halogens is 1. The molecule has 0 amide bonds. The van der Waals surface area contributed by atoms with Crippen molar-refractivity contribution in [1.29, 1.82) is 0 Å². The molecule has 1 saturated heterocycles. The predicted molar refractivity (Wildman–Crippen MR) is 92.4 cm³/mol. The van der Waals surface area contributed by atoms with Crippen molar-refractivity contribution in [1.82, 2.24) is 9.72 Å². The monoisotopic (exact) mass is 380 g/mol. The number of aromatic nitrogens is 1. The van der Waals surface area contributed by atoms with Crippen LogP contribution in [0, 0.1) is 6.92 Å². The van der Waals surface area contributed by atoms with Crippen molar-refractivity contribution in [3.05, 3.63) is 39.6 Å². The number of carboxylic acids is 1. The first-order valence-electron chi connectivity index (χ1n) is 7.89. The molecule has 0 bridgehead atoms. The Morgan fingerprint density at radius 1 is 1.57 bits per heavy atom. The number of pyridine rings is 1. The fraction of sp³-hybridized carbons (Fsp3) is 0.471. The van der Waals surface area contributed by atoms with E-state index in [0.29, 0.717) is 12.3 Å². The second-order valence-electron chi connectivity index (χ2n) is 5.96. The average Bonchev–Trinajstić information content (AvgIpc) is 2.88. The van der Waals surface area contributed by atoms with Crippen LogP contribution in [0.4, 0.5) is 0 Å². The van der Waals surface area contributed by atoms with Gasteiger partial charge in [-0.25, -0.2) is 4.79 Å².